The summed E-state index contributed by atoms with van der Waals surface area (Å²) in [6.45, 7) is 28.2. The van der Waals surface area contributed by atoms with Crippen LogP contribution in [0.4, 0.5) is 0 Å². The molecule has 0 saturated heterocycles. The van der Waals surface area contributed by atoms with Crippen LogP contribution in [0.1, 0.15) is 105 Å². The maximum atomic E-state index is 2.54. The van der Waals surface area contributed by atoms with Crippen LogP contribution in [0.2, 0.25) is 0 Å². The first-order valence-corrected chi connectivity index (χ1v) is 27.1. The molecule has 0 saturated carbocycles. The van der Waals surface area contributed by atoms with Gasteiger partial charge in [-0.2, -0.15) is 0 Å². The zero-order valence-electron chi connectivity index (χ0n) is 45.0. The van der Waals surface area contributed by atoms with Gasteiger partial charge in [0.05, 0.1) is 0 Å². The van der Waals surface area contributed by atoms with Crippen molar-refractivity contribution in [2.75, 3.05) is 0 Å². The van der Waals surface area contributed by atoms with Crippen LogP contribution in [0.25, 0.3) is 152 Å². The highest BCUT2D eigenvalue weighted by Gasteiger charge is 2.31. The summed E-state index contributed by atoms with van der Waals surface area (Å²) in [6.07, 6.45) is 0. The van der Waals surface area contributed by atoms with E-state index in [1.54, 1.807) is 0 Å². The van der Waals surface area contributed by atoms with E-state index in [-0.39, 0.29) is 21.7 Å². The molecule has 15 rings (SSSR count). The summed E-state index contributed by atoms with van der Waals surface area (Å²) in [5.41, 5.74) is 16.2. The molecular weight excluding hydrogens is 889 g/mol. The van der Waals surface area contributed by atoms with Gasteiger partial charge in [-0.3, -0.25) is 0 Å². The first-order chi connectivity index (χ1) is 35.2. The van der Waals surface area contributed by atoms with Crippen molar-refractivity contribution in [3.8, 4) is 44.5 Å². The highest BCUT2D eigenvalue weighted by Crippen LogP contribution is 2.58. The van der Waals surface area contributed by atoms with Gasteiger partial charge in [0, 0.05) is 0 Å². The number of hydrogen-bond donors (Lipinski definition) is 0. The second kappa shape index (κ2) is 14.2. The van der Waals surface area contributed by atoms with Crippen LogP contribution in [-0.2, 0) is 21.7 Å². The van der Waals surface area contributed by atoms with Crippen LogP contribution in [0, 0.1) is 0 Å². The normalized spacial score (nSPS) is 13.7. The largest absolute Gasteiger partial charge is 0.0616 e. The molecule has 0 radical (unpaired) electrons. The molecule has 14 aromatic rings. The minimum absolute atomic E-state index is 0.0335. The van der Waals surface area contributed by atoms with E-state index in [2.05, 4.69) is 241 Å². The van der Waals surface area contributed by atoms with E-state index in [1.165, 1.54) is 174 Å². The Labute approximate surface area is 434 Å². The first kappa shape index (κ1) is 44.0. The first-order valence-electron chi connectivity index (χ1n) is 27.1. The molecule has 0 unspecified atom stereocenters. The summed E-state index contributed by atoms with van der Waals surface area (Å²) in [5.74, 6) is 0. The molecule has 14 aromatic carbocycles. The summed E-state index contributed by atoms with van der Waals surface area (Å²) in [4.78, 5) is 0. The van der Waals surface area contributed by atoms with Crippen LogP contribution in [0.3, 0.4) is 0 Å². The van der Waals surface area contributed by atoms with Crippen molar-refractivity contribution >= 4 is 108 Å². The van der Waals surface area contributed by atoms with Gasteiger partial charge in [-0.1, -0.05) is 229 Å². The topological polar surface area (TPSA) is 0 Å². The Kier molecular flexibility index (Phi) is 8.43. The fraction of sp³-hybridized carbons (Fsp3) is 0.216. The van der Waals surface area contributed by atoms with Gasteiger partial charge in [0.1, 0.15) is 0 Å². The van der Waals surface area contributed by atoms with Crippen molar-refractivity contribution in [3.63, 3.8) is 0 Å². The lowest BCUT2D eigenvalue weighted by atomic mass is 9.78. The lowest BCUT2D eigenvalue weighted by Gasteiger charge is -2.27. The van der Waals surface area contributed by atoms with Gasteiger partial charge in [0.15, 0.2) is 0 Å². The average Bonchev–Trinajstić information content (AvgIpc) is 4.05. The number of fused-ring (bicyclic) bond motifs is 14. The van der Waals surface area contributed by atoms with Gasteiger partial charge >= 0.3 is 0 Å². The molecule has 1 aliphatic carbocycles. The smallest absolute Gasteiger partial charge is 0.000696 e. The maximum absolute atomic E-state index is 2.54. The van der Waals surface area contributed by atoms with Crippen molar-refractivity contribution in [1.82, 2.24) is 0 Å². The summed E-state index contributed by atoms with van der Waals surface area (Å²) >= 11 is 0. The zero-order valence-corrected chi connectivity index (χ0v) is 45.0. The van der Waals surface area contributed by atoms with E-state index in [0.717, 1.165) is 0 Å². The quantitative estimate of drug-likeness (QED) is 0.120. The molecule has 0 heteroatoms. The summed E-state index contributed by atoms with van der Waals surface area (Å²) in [5, 5.41) is 27.2. The van der Waals surface area contributed by atoms with Crippen molar-refractivity contribution in [2.24, 2.45) is 0 Å². The molecule has 0 atom stereocenters. The Morgan fingerprint density at radius 1 is 0.216 bits per heavy atom. The van der Waals surface area contributed by atoms with Crippen molar-refractivity contribution < 1.29 is 0 Å². The molecule has 0 amide bonds. The molecule has 1 aliphatic rings. The average molecular weight is 951 g/mol. The molecular formula is C74H62. The Morgan fingerprint density at radius 2 is 0.595 bits per heavy atom. The van der Waals surface area contributed by atoms with Crippen LogP contribution in [0.15, 0.2) is 158 Å². The van der Waals surface area contributed by atoms with Gasteiger partial charge in [0.25, 0.3) is 0 Å². The second-order valence-electron chi connectivity index (χ2n) is 26.4. The number of rotatable bonds is 2. The molecule has 0 bridgehead atoms. The van der Waals surface area contributed by atoms with Crippen molar-refractivity contribution in [3.05, 3.63) is 180 Å². The highest BCUT2D eigenvalue weighted by atomic mass is 14.3. The molecule has 0 N–H and O–H groups in total. The Bertz CT molecular complexity index is 4690. The van der Waals surface area contributed by atoms with Crippen molar-refractivity contribution in [1.29, 1.82) is 0 Å². The third-order valence-corrected chi connectivity index (χ3v) is 17.8. The molecule has 0 heterocycles. The fourth-order valence-electron chi connectivity index (χ4n) is 13.9. The minimum atomic E-state index is -0.0335. The molecule has 0 aliphatic heterocycles. The lowest BCUT2D eigenvalue weighted by Crippen LogP contribution is -2.16. The number of benzene rings is 12. The van der Waals surface area contributed by atoms with E-state index in [1.807, 2.05) is 0 Å². The highest BCUT2D eigenvalue weighted by molar-refractivity contribution is 6.52. The predicted molar refractivity (Wildman–Crippen MR) is 325 cm³/mol. The molecule has 0 aromatic heterocycles. The van der Waals surface area contributed by atoms with Gasteiger partial charge in [-0.15, -0.1) is 0 Å². The monoisotopic (exact) mass is 950 g/mol. The Morgan fingerprint density at radius 3 is 1.16 bits per heavy atom. The van der Waals surface area contributed by atoms with Gasteiger partial charge in [-0.25, -0.2) is 0 Å². The van der Waals surface area contributed by atoms with Crippen LogP contribution >= 0.6 is 0 Å². The Hall–Kier alpha value is -7.54. The third-order valence-electron chi connectivity index (χ3n) is 17.8. The molecule has 0 spiro atoms. The Balaban J connectivity index is 1.05. The fourth-order valence-corrected chi connectivity index (χ4v) is 13.9. The van der Waals surface area contributed by atoms with E-state index in [0.29, 0.717) is 0 Å². The summed E-state index contributed by atoms with van der Waals surface area (Å²) in [6, 6.07) is 62.7. The maximum Gasteiger partial charge on any atom is -0.000696 e. The van der Waals surface area contributed by atoms with Crippen LogP contribution < -0.4 is 0 Å². The third kappa shape index (κ3) is 5.81. The van der Waals surface area contributed by atoms with Gasteiger partial charge in [-0.05, 0) is 208 Å². The minimum Gasteiger partial charge on any atom is -0.0616 e. The number of hydrogen-bond acceptors (Lipinski definition) is 0. The molecule has 358 valence electrons. The SMILES string of the molecule is CC(C)(C)c1cc(-c2ccc3c(c2)-c2ccc4c5ccc6c7c(ccc(c8ccc-3c2c84)c57)c2c(-c3cc(C(C)(C)C)cc(C(C)(C)C)c3)c3cc4ccccc4c4c5ccccc5c(c62)c34)cc(C(C)(C)C)c1. The van der Waals surface area contributed by atoms with Crippen LogP contribution in [0.5, 0.6) is 0 Å². The van der Waals surface area contributed by atoms with E-state index >= 15 is 0 Å². The van der Waals surface area contributed by atoms with E-state index < -0.39 is 0 Å². The van der Waals surface area contributed by atoms with E-state index in [9.17, 15) is 0 Å². The zero-order chi connectivity index (χ0) is 50.9. The van der Waals surface area contributed by atoms with Crippen molar-refractivity contribution in [2.45, 2.75) is 105 Å². The molecule has 74 heavy (non-hydrogen) atoms. The second-order valence-corrected chi connectivity index (χ2v) is 26.4. The van der Waals surface area contributed by atoms with Gasteiger partial charge in [0.2, 0.25) is 0 Å². The predicted octanol–water partition coefficient (Wildman–Crippen LogP) is 21.7. The molecule has 0 fully saturated rings. The summed E-state index contributed by atoms with van der Waals surface area (Å²) in [7, 11) is 0. The van der Waals surface area contributed by atoms with Crippen LogP contribution in [-0.4, -0.2) is 0 Å². The lowest BCUT2D eigenvalue weighted by molar-refractivity contribution is 0.568. The van der Waals surface area contributed by atoms with Gasteiger partial charge < -0.3 is 0 Å². The summed E-state index contributed by atoms with van der Waals surface area (Å²) < 4.78 is 0. The standard InChI is InChI=1S/C74H62/c1-71(2,3)43-31-41(32-44(37-43)72(4,5)6)39-21-22-48-51-23-24-52-54-27-29-57-66-58(30-28-55(65(54)66)53-25-26-56(59(48)35-39)63(51)64(52)53)69-67-50-20-16-15-19-49(50)62-47-18-14-13-17-40(47)36-60(70(62)67)61(68(57)69)42-33-45(73(7,8)9)38-46(34-42)74(10,11)12/h13-38H,1-12H3. The van der Waals surface area contributed by atoms with E-state index in [4.69, 9.17) is 0 Å². The molecule has 0 nitrogen and oxygen atoms in total.